The monoisotopic (exact) mass is 291 g/mol. The van der Waals surface area contributed by atoms with Gasteiger partial charge in [0, 0.05) is 25.5 Å². The van der Waals surface area contributed by atoms with Crippen molar-refractivity contribution in [3.63, 3.8) is 0 Å². The van der Waals surface area contributed by atoms with Crippen LogP contribution in [-0.4, -0.2) is 17.4 Å². The fourth-order valence-corrected chi connectivity index (χ4v) is 1.85. The Balaban J connectivity index is 2.06. The third-order valence-electron chi connectivity index (χ3n) is 2.87. The van der Waals surface area contributed by atoms with E-state index in [4.69, 9.17) is 0 Å². The van der Waals surface area contributed by atoms with E-state index in [1.54, 1.807) is 12.3 Å². The first kappa shape index (κ1) is 14.9. The third kappa shape index (κ3) is 3.75. The Morgan fingerprint density at radius 1 is 1.24 bits per heavy atom. The summed E-state index contributed by atoms with van der Waals surface area (Å²) in [5.41, 5.74) is 1.56. The quantitative estimate of drug-likeness (QED) is 0.890. The van der Waals surface area contributed by atoms with E-state index in [1.165, 1.54) is 12.3 Å². The van der Waals surface area contributed by atoms with Crippen molar-refractivity contribution in [2.45, 2.75) is 13.5 Å². The molecule has 0 aliphatic rings. The summed E-state index contributed by atoms with van der Waals surface area (Å²) in [4.78, 5) is 16.0. The van der Waals surface area contributed by atoms with Crippen molar-refractivity contribution in [1.82, 2.24) is 10.3 Å². The van der Waals surface area contributed by atoms with Gasteiger partial charge < -0.3 is 10.6 Å². The maximum atomic E-state index is 13.1. The molecule has 2 aromatic rings. The molecule has 1 heterocycles. The van der Waals surface area contributed by atoms with Crippen LogP contribution in [0.1, 0.15) is 22.8 Å². The van der Waals surface area contributed by atoms with E-state index in [2.05, 4.69) is 15.6 Å². The molecule has 0 saturated heterocycles. The lowest BCUT2D eigenvalue weighted by molar-refractivity contribution is 0.0951. The molecular formula is C15H15F2N3O. The molecule has 110 valence electrons. The lowest BCUT2D eigenvalue weighted by atomic mass is 10.2. The molecule has 21 heavy (non-hydrogen) atoms. The van der Waals surface area contributed by atoms with Crippen molar-refractivity contribution in [2.75, 3.05) is 11.9 Å². The Kier molecular flexibility index (Phi) is 4.81. The van der Waals surface area contributed by atoms with Crippen LogP contribution in [0.4, 0.5) is 14.5 Å². The van der Waals surface area contributed by atoms with Gasteiger partial charge in [-0.05, 0) is 30.7 Å². The van der Waals surface area contributed by atoms with E-state index < -0.39 is 11.6 Å². The van der Waals surface area contributed by atoms with Crippen LogP contribution in [0.2, 0.25) is 0 Å². The molecule has 1 amide bonds. The number of anilines is 1. The van der Waals surface area contributed by atoms with Gasteiger partial charge in [0.1, 0.15) is 0 Å². The molecule has 0 unspecified atom stereocenters. The Bertz CT molecular complexity index is 647. The number of amides is 1. The maximum absolute atomic E-state index is 13.1. The Hall–Kier alpha value is -2.50. The third-order valence-corrected chi connectivity index (χ3v) is 2.87. The van der Waals surface area contributed by atoms with Gasteiger partial charge in [0.25, 0.3) is 5.91 Å². The minimum atomic E-state index is -0.934. The molecule has 1 aromatic carbocycles. The Morgan fingerprint density at radius 2 is 2.05 bits per heavy atom. The number of hydrogen-bond donors (Lipinski definition) is 2. The predicted octanol–water partition coefficient (Wildman–Crippen LogP) is 2.72. The van der Waals surface area contributed by atoms with Gasteiger partial charge in [-0.15, -0.1) is 0 Å². The maximum Gasteiger partial charge on any atom is 0.255 e. The lowest BCUT2D eigenvalue weighted by Crippen LogP contribution is -2.24. The number of halogens is 2. The van der Waals surface area contributed by atoms with E-state index in [1.807, 2.05) is 6.92 Å². The molecule has 0 atom stereocenters. The molecule has 2 N–H and O–H groups in total. The number of benzene rings is 1. The molecule has 0 fully saturated rings. The Morgan fingerprint density at radius 3 is 2.76 bits per heavy atom. The van der Waals surface area contributed by atoms with Crippen molar-refractivity contribution in [2.24, 2.45) is 0 Å². The average molecular weight is 291 g/mol. The number of hydrogen-bond acceptors (Lipinski definition) is 3. The molecular weight excluding hydrogens is 276 g/mol. The van der Waals surface area contributed by atoms with Crippen LogP contribution >= 0.6 is 0 Å². The highest BCUT2D eigenvalue weighted by molar-refractivity contribution is 5.99. The highest BCUT2D eigenvalue weighted by atomic mass is 19.2. The molecule has 0 aliphatic heterocycles. The Labute approximate surface area is 121 Å². The standard InChI is InChI=1S/C15H15F2N3O/c1-2-19-14-5-6-18-9-11(14)15(21)20-8-10-3-4-12(16)13(17)7-10/h3-7,9H,2,8H2,1H3,(H,18,19)(H,20,21). The SMILES string of the molecule is CCNc1ccncc1C(=O)NCc1ccc(F)c(F)c1. The summed E-state index contributed by atoms with van der Waals surface area (Å²) >= 11 is 0. The first-order valence-electron chi connectivity index (χ1n) is 6.51. The number of nitrogens with zero attached hydrogens (tertiary/aromatic N) is 1. The van der Waals surface area contributed by atoms with E-state index in [0.717, 1.165) is 12.1 Å². The molecule has 1 aromatic heterocycles. The van der Waals surface area contributed by atoms with Crippen molar-refractivity contribution in [3.05, 3.63) is 59.4 Å². The van der Waals surface area contributed by atoms with Gasteiger partial charge in [-0.2, -0.15) is 0 Å². The molecule has 0 saturated carbocycles. The second kappa shape index (κ2) is 6.78. The predicted molar refractivity (Wildman–Crippen MR) is 75.9 cm³/mol. The first-order valence-corrected chi connectivity index (χ1v) is 6.51. The number of pyridine rings is 1. The minimum absolute atomic E-state index is 0.108. The van der Waals surface area contributed by atoms with Crippen molar-refractivity contribution in [1.29, 1.82) is 0 Å². The number of rotatable bonds is 5. The van der Waals surface area contributed by atoms with Gasteiger partial charge in [-0.3, -0.25) is 9.78 Å². The zero-order valence-electron chi connectivity index (χ0n) is 11.5. The number of aromatic nitrogens is 1. The van der Waals surface area contributed by atoms with Crippen molar-refractivity contribution < 1.29 is 13.6 Å². The smallest absolute Gasteiger partial charge is 0.255 e. The van der Waals surface area contributed by atoms with Crippen LogP contribution in [0.15, 0.2) is 36.7 Å². The summed E-state index contributed by atoms with van der Waals surface area (Å²) in [5.74, 6) is -2.17. The van der Waals surface area contributed by atoms with Gasteiger partial charge in [-0.1, -0.05) is 6.07 Å². The molecule has 0 radical (unpaired) electrons. The number of nitrogens with one attached hydrogen (secondary N) is 2. The summed E-state index contributed by atoms with van der Waals surface area (Å²) in [6, 6.07) is 5.22. The normalized spacial score (nSPS) is 10.2. The molecule has 4 nitrogen and oxygen atoms in total. The minimum Gasteiger partial charge on any atom is -0.385 e. The van der Waals surface area contributed by atoms with E-state index >= 15 is 0 Å². The van der Waals surface area contributed by atoms with Gasteiger partial charge in [0.15, 0.2) is 11.6 Å². The van der Waals surface area contributed by atoms with Gasteiger partial charge >= 0.3 is 0 Å². The van der Waals surface area contributed by atoms with Gasteiger partial charge in [-0.25, -0.2) is 8.78 Å². The average Bonchev–Trinajstić information content (AvgIpc) is 2.49. The van der Waals surface area contributed by atoms with Crippen LogP contribution in [-0.2, 0) is 6.54 Å². The first-order chi connectivity index (χ1) is 10.1. The van der Waals surface area contributed by atoms with Gasteiger partial charge in [0.2, 0.25) is 0 Å². The fraction of sp³-hybridized carbons (Fsp3) is 0.200. The highest BCUT2D eigenvalue weighted by Gasteiger charge is 2.11. The second-order valence-electron chi connectivity index (χ2n) is 4.38. The van der Waals surface area contributed by atoms with E-state index in [0.29, 0.717) is 23.4 Å². The van der Waals surface area contributed by atoms with E-state index in [-0.39, 0.29) is 12.5 Å². The number of carbonyl (C=O) groups is 1. The summed E-state index contributed by atoms with van der Waals surface area (Å²) in [7, 11) is 0. The summed E-state index contributed by atoms with van der Waals surface area (Å²) in [6.45, 7) is 2.70. The van der Waals surface area contributed by atoms with Crippen LogP contribution in [0, 0.1) is 11.6 Å². The number of carbonyl (C=O) groups excluding carboxylic acids is 1. The zero-order chi connectivity index (χ0) is 15.2. The summed E-state index contributed by atoms with van der Waals surface area (Å²) in [6.07, 6.45) is 3.04. The van der Waals surface area contributed by atoms with Crippen molar-refractivity contribution in [3.8, 4) is 0 Å². The van der Waals surface area contributed by atoms with Crippen molar-refractivity contribution >= 4 is 11.6 Å². The van der Waals surface area contributed by atoms with Crippen LogP contribution in [0.5, 0.6) is 0 Å². The lowest BCUT2D eigenvalue weighted by Gasteiger charge is -2.10. The molecule has 6 heteroatoms. The molecule has 0 aliphatic carbocycles. The summed E-state index contributed by atoms with van der Waals surface area (Å²) < 4.78 is 25.9. The second-order valence-corrected chi connectivity index (χ2v) is 4.38. The topological polar surface area (TPSA) is 54.0 Å². The summed E-state index contributed by atoms with van der Waals surface area (Å²) in [5, 5.41) is 5.71. The largest absolute Gasteiger partial charge is 0.385 e. The fourth-order valence-electron chi connectivity index (χ4n) is 1.85. The van der Waals surface area contributed by atoms with Crippen LogP contribution < -0.4 is 10.6 Å². The highest BCUT2D eigenvalue weighted by Crippen LogP contribution is 2.14. The van der Waals surface area contributed by atoms with Gasteiger partial charge in [0.05, 0.1) is 11.3 Å². The molecule has 0 spiro atoms. The molecule has 2 rings (SSSR count). The zero-order valence-corrected chi connectivity index (χ0v) is 11.5. The molecule has 0 bridgehead atoms. The van der Waals surface area contributed by atoms with E-state index in [9.17, 15) is 13.6 Å². The van der Waals surface area contributed by atoms with Crippen LogP contribution in [0.3, 0.4) is 0 Å². The van der Waals surface area contributed by atoms with Crippen LogP contribution in [0.25, 0.3) is 0 Å².